The maximum absolute atomic E-state index is 13.3. The first-order chi connectivity index (χ1) is 12.9. The fourth-order valence-corrected chi connectivity index (χ4v) is 5.11. The topological polar surface area (TPSA) is 62.5 Å². The van der Waals surface area contributed by atoms with Crippen molar-refractivity contribution in [2.75, 3.05) is 31.9 Å². The number of fused-ring (bicyclic) bond motifs is 1. The second kappa shape index (κ2) is 7.40. The average molecular weight is 387 g/mol. The molecule has 2 aromatic rings. The summed E-state index contributed by atoms with van der Waals surface area (Å²) in [5, 5.41) is 0.558. The van der Waals surface area contributed by atoms with Gasteiger partial charge in [0, 0.05) is 37.8 Å². The first kappa shape index (κ1) is 18.7. The van der Waals surface area contributed by atoms with Crippen LogP contribution < -0.4 is 5.73 Å². The van der Waals surface area contributed by atoms with Gasteiger partial charge >= 0.3 is 0 Å². The lowest BCUT2D eigenvalue weighted by atomic mass is 10.0. The van der Waals surface area contributed by atoms with Crippen molar-refractivity contribution < 1.29 is 4.79 Å². The summed E-state index contributed by atoms with van der Waals surface area (Å²) in [4.78, 5) is 22.4. The molecule has 2 N–H and O–H groups in total. The van der Waals surface area contributed by atoms with E-state index in [2.05, 4.69) is 28.6 Å². The number of hydrogen-bond acceptors (Lipinski definition) is 5. The van der Waals surface area contributed by atoms with Gasteiger partial charge in [-0.1, -0.05) is 25.2 Å². The van der Waals surface area contributed by atoms with E-state index in [-0.39, 0.29) is 5.91 Å². The third-order valence-electron chi connectivity index (χ3n) is 5.95. The molecule has 6 heteroatoms. The number of aromatic nitrogens is 1. The molecule has 2 heterocycles. The molecular weight excluding hydrogens is 356 g/mol. The lowest BCUT2D eigenvalue weighted by Gasteiger charge is -2.34. The Kier molecular flexibility index (Phi) is 5.12. The second-order valence-corrected chi connectivity index (χ2v) is 9.61. The van der Waals surface area contributed by atoms with Crippen LogP contribution in [-0.4, -0.2) is 52.9 Å². The van der Waals surface area contributed by atoms with Crippen molar-refractivity contribution in [2.24, 2.45) is 11.8 Å². The van der Waals surface area contributed by atoms with Crippen molar-refractivity contribution >= 4 is 32.6 Å². The number of amides is 1. The number of carbonyl (C=O) groups is 1. The zero-order valence-electron chi connectivity index (χ0n) is 16.6. The van der Waals surface area contributed by atoms with Crippen LogP contribution in [0.2, 0.25) is 0 Å². The molecule has 5 nitrogen and oxygen atoms in total. The molecular formula is C21H30N4OS. The van der Waals surface area contributed by atoms with E-state index >= 15 is 0 Å². The number of nitrogens with zero attached hydrogens (tertiary/aromatic N) is 3. The van der Waals surface area contributed by atoms with Gasteiger partial charge in [0.05, 0.1) is 10.2 Å². The van der Waals surface area contributed by atoms with E-state index in [1.54, 1.807) is 0 Å². The molecule has 1 saturated heterocycles. The molecule has 27 heavy (non-hydrogen) atoms. The van der Waals surface area contributed by atoms with E-state index in [0.717, 1.165) is 53.3 Å². The maximum Gasteiger partial charge on any atom is 0.253 e. The fraction of sp³-hybridized carbons (Fsp3) is 0.619. The lowest BCUT2D eigenvalue weighted by Crippen LogP contribution is -2.46. The van der Waals surface area contributed by atoms with E-state index in [9.17, 15) is 4.79 Å². The van der Waals surface area contributed by atoms with Crippen LogP contribution in [0.5, 0.6) is 0 Å². The van der Waals surface area contributed by atoms with Crippen LogP contribution in [0.4, 0.5) is 5.13 Å². The fourth-order valence-electron chi connectivity index (χ4n) is 4.26. The van der Waals surface area contributed by atoms with Crippen molar-refractivity contribution in [3.05, 3.63) is 23.3 Å². The van der Waals surface area contributed by atoms with Crippen molar-refractivity contribution in [1.82, 2.24) is 14.8 Å². The predicted molar refractivity (Wildman–Crippen MR) is 112 cm³/mol. The Morgan fingerprint density at radius 1 is 1.33 bits per heavy atom. The van der Waals surface area contributed by atoms with Gasteiger partial charge in [0.1, 0.15) is 0 Å². The highest BCUT2D eigenvalue weighted by atomic mass is 32.1. The van der Waals surface area contributed by atoms with E-state index in [1.165, 1.54) is 30.7 Å². The minimum absolute atomic E-state index is 0.144. The summed E-state index contributed by atoms with van der Waals surface area (Å²) in [5.41, 5.74) is 8.57. The molecule has 4 rings (SSSR count). The van der Waals surface area contributed by atoms with Gasteiger partial charge in [-0.2, -0.15) is 0 Å². The van der Waals surface area contributed by atoms with Gasteiger partial charge in [0.25, 0.3) is 5.91 Å². The summed E-state index contributed by atoms with van der Waals surface area (Å²) in [7, 11) is 0. The Labute approximate surface area is 165 Å². The number of hydrogen-bond donors (Lipinski definition) is 1. The van der Waals surface area contributed by atoms with E-state index in [4.69, 9.17) is 5.73 Å². The summed E-state index contributed by atoms with van der Waals surface area (Å²) in [6, 6.07) is 4.39. The Morgan fingerprint density at radius 2 is 2.11 bits per heavy atom. The number of aryl methyl sites for hydroxylation is 1. The first-order valence-electron chi connectivity index (χ1n) is 10.1. The largest absolute Gasteiger partial charge is 0.375 e. The van der Waals surface area contributed by atoms with Crippen LogP contribution in [-0.2, 0) is 0 Å². The van der Waals surface area contributed by atoms with Crippen molar-refractivity contribution in [1.29, 1.82) is 0 Å². The summed E-state index contributed by atoms with van der Waals surface area (Å²) < 4.78 is 1.00. The van der Waals surface area contributed by atoms with Gasteiger partial charge in [-0.25, -0.2) is 4.98 Å². The molecule has 1 amide bonds. The molecule has 1 aromatic carbocycles. The van der Waals surface area contributed by atoms with Crippen LogP contribution in [0.25, 0.3) is 10.2 Å². The molecule has 1 unspecified atom stereocenters. The van der Waals surface area contributed by atoms with Gasteiger partial charge in [-0.15, -0.1) is 0 Å². The molecule has 146 valence electrons. The molecule has 1 saturated carbocycles. The molecule has 1 aromatic heterocycles. The van der Waals surface area contributed by atoms with Gasteiger partial charge in [-0.3, -0.25) is 9.69 Å². The highest BCUT2D eigenvalue weighted by Gasteiger charge is 2.33. The zero-order chi connectivity index (χ0) is 19.1. The summed E-state index contributed by atoms with van der Waals surface area (Å²) in [6.45, 7) is 10.6. The predicted octanol–water partition coefficient (Wildman–Crippen LogP) is 3.77. The van der Waals surface area contributed by atoms with Crippen LogP contribution in [0.15, 0.2) is 12.1 Å². The van der Waals surface area contributed by atoms with E-state index in [1.807, 2.05) is 19.1 Å². The number of carbonyl (C=O) groups excluding carboxylic acids is 1. The minimum atomic E-state index is 0.144. The van der Waals surface area contributed by atoms with Crippen LogP contribution in [0, 0.1) is 18.8 Å². The molecule has 0 spiro atoms. The van der Waals surface area contributed by atoms with E-state index in [0.29, 0.717) is 17.1 Å². The number of benzene rings is 1. The molecule has 0 radical (unpaired) electrons. The highest BCUT2D eigenvalue weighted by Crippen LogP contribution is 2.32. The standard InChI is InChI=1S/C21H30N4OS/c1-13(2)17-12-25(8-4-7-24(17)11-15-5-6-15)20(26)16-9-14(3)19-18(10-16)27-21(22)23-19/h9-10,13,15,17H,4-8,11-12H2,1-3H3,(H2,22,23). The molecule has 0 bridgehead atoms. The molecule has 1 aliphatic carbocycles. The Hall–Kier alpha value is -1.66. The van der Waals surface area contributed by atoms with E-state index < -0.39 is 0 Å². The van der Waals surface area contributed by atoms with Crippen molar-refractivity contribution in [2.45, 2.75) is 46.1 Å². The summed E-state index contributed by atoms with van der Waals surface area (Å²) in [5.74, 6) is 1.57. The lowest BCUT2D eigenvalue weighted by molar-refractivity contribution is 0.0704. The van der Waals surface area contributed by atoms with Gasteiger partial charge < -0.3 is 10.6 Å². The Balaban J connectivity index is 1.57. The molecule has 2 aliphatic rings. The molecule has 2 fully saturated rings. The Morgan fingerprint density at radius 3 is 2.81 bits per heavy atom. The SMILES string of the molecule is Cc1cc(C(=O)N2CCCN(CC3CC3)C(C(C)C)C2)cc2sc(N)nc12. The smallest absolute Gasteiger partial charge is 0.253 e. The third kappa shape index (κ3) is 3.97. The van der Waals surface area contributed by atoms with Gasteiger partial charge in [0.15, 0.2) is 5.13 Å². The van der Waals surface area contributed by atoms with Gasteiger partial charge in [-0.05, 0) is 55.7 Å². The van der Waals surface area contributed by atoms with Crippen molar-refractivity contribution in [3.63, 3.8) is 0 Å². The first-order valence-corrected chi connectivity index (χ1v) is 10.9. The normalized spacial score (nSPS) is 21.8. The summed E-state index contributed by atoms with van der Waals surface area (Å²) in [6.07, 6.45) is 3.80. The zero-order valence-corrected chi connectivity index (χ0v) is 17.4. The van der Waals surface area contributed by atoms with Gasteiger partial charge in [0.2, 0.25) is 0 Å². The summed E-state index contributed by atoms with van der Waals surface area (Å²) >= 11 is 1.46. The van der Waals surface area contributed by atoms with Crippen LogP contribution in [0.1, 0.15) is 49.0 Å². The monoisotopic (exact) mass is 386 g/mol. The number of rotatable bonds is 4. The highest BCUT2D eigenvalue weighted by molar-refractivity contribution is 7.22. The third-order valence-corrected chi connectivity index (χ3v) is 6.78. The molecule has 1 atom stereocenters. The number of thiazole rings is 1. The Bertz CT molecular complexity index is 842. The van der Waals surface area contributed by atoms with Crippen LogP contribution >= 0.6 is 11.3 Å². The maximum atomic E-state index is 13.3. The number of nitrogen functional groups attached to an aromatic ring is 1. The number of anilines is 1. The minimum Gasteiger partial charge on any atom is -0.375 e. The van der Waals surface area contributed by atoms with Crippen molar-refractivity contribution in [3.8, 4) is 0 Å². The molecule has 1 aliphatic heterocycles. The second-order valence-electron chi connectivity index (χ2n) is 8.55. The quantitative estimate of drug-likeness (QED) is 0.869. The van der Waals surface area contributed by atoms with Crippen LogP contribution in [0.3, 0.4) is 0 Å². The number of nitrogens with two attached hydrogens (primary N) is 1. The average Bonchev–Trinajstić information content (AvgIpc) is 3.38.